The molecule has 1 unspecified atom stereocenters. The Morgan fingerprint density at radius 3 is 2.56 bits per heavy atom. The van der Waals surface area contributed by atoms with Crippen molar-refractivity contribution < 1.29 is 19.1 Å². The third kappa shape index (κ3) is 6.06. The lowest BCUT2D eigenvalue weighted by Crippen LogP contribution is -2.40. The van der Waals surface area contributed by atoms with E-state index in [2.05, 4.69) is 27.4 Å². The van der Waals surface area contributed by atoms with E-state index in [0.717, 1.165) is 39.5 Å². The second-order valence-corrected chi connectivity index (χ2v) is 10.4. The van der Waals surface area contributed by atoms with Gasteiger partial charge in [0, 0.05) is 31.9 Å². The minimum absolute atomic E-state index is 0.0237. The van der Waals surface area contributed by atoms with E-state index in [0.29, 0.717) is 56.8 Å². The first-order valence-electron chi connectivity index (χ1n) is 14.0. The fourth-order valence-corrected chi connectivity index (χ4v) is 5.38. The van der Waals surface area contributed by atoms with Crippen molar-refractivity contribution in [1.82, 2.24) is 20.2 Å². The second-order valence-electron chi connectivity index (χ2n) is 10.4. The van der Waals surface area contributed by atoms with E-state index >= 15 is 0 Å². The molecule has 5 aliphatic heterocycles. The van der Waals surface area contributed by atoms with E-state index in [1.54, 1.807) is 19.3 Å². The molecule has 6 heterocycles. The fraction of sp³-hybridized carbons (Fsp3) is 0.273. The van der Waals surface area contributed by atoms with Crippen molar-refractivity contribution in [1.29, 1.82) is 0 Å². The van der Waals surface area contributed by atoms with Gasteiger partial charge in [0.25, 0.3) is 5.91 Å². The summed E-state index contributed by atoms with van der Waals surface area (Å²) < 4.78 is 12.3. The fourth-order valence-electron chi connectivity index (χ4n) is 5.38. The minimum Gasteiger partial charge on any atom is -0.494 e. The maximum atomic E-state index is 13.8. The van der Waals surface area contributed by atoms with Crippen molar-refractivity contribution in [3.63, 3.8) is 0 Å². The molecule has 0 spiro atoms. The predicted octanol–water partition coefficient (Wildman–Crippen LogP) is 5.20. The number of nitrogens with one attached hydrogen (secondary N) is 1. The number of aryl methyl sites for hydroxylation is 2. The molecule has 0 fully saturated rings. The summed E-state index contributed by atoms with van der Waals surface area (Å²) in [6, 6.07) is 21.5. The van der Waals surface area contributed by atoms with E-state index in [1.807, 2.05) is 59.5 Å². The van der Waals surface area contributed by atoms with Crippen LogP contribution in [0.3, 0.4) is 0 Å². The van der Waals surface area contributed by atoms with E-state index in [1.165, 1.54) is 0 Å². The van der Waals surface area contributed by atoms with Crippen molar-refractivity contribution in [2.75, 3.05) is 19.7 Å². The van der Waals surface area contributed by atoms with Crippen molar-refractivity contribution in [3.05, 3.63) is 113 Å². The van der Waals surface area contributed by atoms with Crippen LogP contribution in [0.25, 0.3) is 0 Å². The molecule has 9 rings (SSSR count). The summed E-state index contributed by atoms with van der Waals surface area (Å²) in [5.74, 6) is 2.72. The van der Waals surface area contributed by atoms with E-state index in [4.69, 9.17) is 9.47 Å². The zero-order valence-electron chi connectivity index (χ0n) is 23.0. The first kappa shape index (κ1) is 26.5. The van der Waals surface area contributed by atoms with E-state index in [-0.39, 0.29) is 17.9 Å². The van der Waals surface area contributed by atoms with Crippen LogP contribution in [0, 0.1) is 6.92 Å². The second kappa shape index (κ2) is 11.8. The molecule has 2 amide bonds. The summed E-state index contributed by atoms with van der Waals surface area (Å²) >= 11 is 0. The molecule has 3 aromatic carbocycles. The molecule has 0 saturated heterocycles. The molecular weight excluding hydrogens is 516 g/mol. The number of nitrogens with zero attached hydrogens (tertiary/aromatic N) is 3. The Labute approximate surface area is 239 Å². The Balaban J connectivity index is 1.37. The van der Waals surface area contributed by atoms with Crippen molar-refractivity contribution in [2.24, 2.45) is 0 Å². The van der Waals surface area contributed by atoms with Crippen LogP contribution in [0.4, 0.5) is 0 Å². The topological polar surface area (TPSA) is 93.7 Å². The van der Waals surface area contributed by atoms with Crippen LogP contribution in [-0.4, -0.2) is 46.4 Å². The molecule has 8 heteroatoms. The van der Waals surface area contributed by atoms with E-state index in [9.17, 15) is 9.59 Å². The average Bonchev–Trinajstić information content (AvgIpc) is 3.00. The van der Waals surface area contributed by atoms with Gasteiger partial charge in [-0.25, -0.2) is 9.97 Å². The van der Waals surface area contributed by atoms with Crippen molar-refractivity contribution in [3.8, 4) is 17.2 Å². The lowest BCUT2D eigenvalue weighted by Gasteiger charge is -2.38. The maximum Gasteiger partial charge on any atom is 0.257 e. The van der Waals surface area contributed by atoms with Gasteiger partial charge < -0.3 is 19.7 Å². The number of rotatable bonds is 1. The van der Waals surface area contributed by atoms with Gasteiger partial charge in [-0.15, -0.1) is 0 Å². The predicted molar refractivity (Wildman–Crippen MR) is 154 cm³/mol. The van der Waals surface area contributed by atoms with Gasteiger partial charge in [-0.1, -0.05) is 30.3 Å². The van der Waals surface area contributed by atoms with Crippen molar-refractivity contribution >= 4 is 11.8 Å². The highest BCUT2D eigenvalue weighted by atomic mass is 16.5. The van der Waals surface area contributed by atoms with E-state index < -0.39 is 0 Å². The molecule has 4 aromatic rings. The smallest absolute Gasteiger partial charge is 0.257 e. The summed E-state index contributed by atoms with van der Waals surface area (Å²) in [7, 11) is 0. The largest absolute Gasteiger partial charge is 0.494 e. The third-order valence-electron chi connectivity index (χ3n) is 7.52. The normalized spacial score (nSPS) is 17.1. The Morgan fingerprint density at radius 1 is 0.927 bits per heavy atom. The first-order valence-corrected chi connectivity index (χ1v) is 14.0. The number of benzene rings is 3. The summed E-state index contributed by atoms with van der Waals surface area (Å²) in [5, 5.41) is 2.98. The maximum absolute atomic E-state index is 13.8. The number of carbonyl (C=O) groups excluding carboxylic acids is 2. The SMILES string of the molecule is Cc1ncc(C(=O)N2CCc3cc4ccc3C2c2cccc(c2)OCCCNC(=O)CCc2ccc(cc2)O4)cn1. The van der Waals surface area contributed by atoms with Gasteiger partial charge in [0.15, 0.2) is 0 Å². The summed E-state index contributed by atoms with van der Waals surface area (Å²) in [5.41, 5.74) is 4.67. The minimum atomic E-state index is -0.321. The quantitative estimate of drug-likeness (QED) is 0.352. The summed E-state index contributed by atoms with van der Waals surface area (Å²) in [6.07, 6.45) is 5.66. The van der Waals surface area contributed by atoms with Gasteiger partial charge in [-0.2, -0.15) is 0 Å². The van der Waals surface area contributed by atoms with Crippen LogP contribution >= 0.6 is 0 Å². The molecule has 0 radical (unpaired) electrons. The molecular formula is C33H32N4O4. The van der Waals surface area contributed by atoms with Crippen LogP contribution in [0.2, 0.25) is 0 Å². The van der Waals surface area contributed by atoms with Gasteiger partial charge in [0.2, 0.25) is 5.91 Å². The van der Waals surface area contributed by atoms with Gasteiger partial charge in [-0.3, -0.25) is 9.59 Å². The molecule has 1 aromatic heterocycles. The summed E-state index contributed by atoms with van der Waals surface area (Å²) in [6.45, 7) is 3.35. The lowest BCUT2D eigenvalue weighted by molar-refractivity contribution is -0.121. The van der Waals surface area contributed by atoms with Gasteiger partial charge in [-0.05, 0) is 84.8 Å². The highest BCUT2D eigenvalue weighted by Crippen LogP contribution is 2.39. The van der Waals surface area contributed by atoms with Gasteiger partial charge in [0.1, 0.15) is 23.1 Å². The van der Waals surface area contributed by atoms with Crippen LogP contribution in [0.5, 0.6) is 17.2 Å². The molecule has 8 bridgehead atoms. The third-order valence-corrected chi connectivity index (χ3v) is 7.52. The molecule has 1 atom stereocenters. The number of ether oxygens (including phenoxy) is 2. The molecule has 1 N–H and O–H groups in total. The molecule has 41 heavy (non-hydrogen) atoms. The molecule has 208 valence electrons. The average molecular weight is 549 g/mol. The zero-order chi connectivity index (χ0) is 28.2. The van der Waals surface area contributed by atoms with Crippen LogP contribution < -0.4 is 14.8 Å². The van der Waals surface area contributed by atoms with Crippen LogP contribution in [0.1, 0.15) is 57.3 Å². The van der Waals surface area contributed by atoms with Crippen LogP contribution in [0.15, 0.2) is 79.1 Å². The van der Waals surface area contributed by atoms with Crippen LogP contribution in [-0.2, 0) is 17.6 Å². The highest BCUT2D eigenvalue weighted by molar-refractivity contribution is 5.94. The molecule has 0 saturated carbocycles. The molecule has 0 aliphatic carbocycles. The Kier molecular flexibility index (Phi) is 7.63. The Morgan fingerprint density at radius 2 is 1.73 bits per heavy atom. The standard InChI is InChI=1S/C33H32N4O4/c1-22-35-20-26(21-36-22)33(39)37-16-14-24-18-29-11-12-30(24)32(37)25-4-2-5-28(19-25)40-17-3-15-34-31(38)13-8-23-6-9-27(41-29)10-7-23/h2,4-7,9-12,18-21,32H,3,8,13-17H2,1H3,(H,34,38). The lowest BCUT2D eigenvalue weighted by atomic mass is 9.87. The number of hydrogen-bond acceptors (Lipinski definition) is 6. The van der Waals surface area contributed by atoms with Crippen molar-refractivity contribution in [2.45, 2.75) is 38.6 Å². The van der Waals surface area contributed by atoms with Gasteiger partial charge >= 0.3 is 0 Å². The Bertz CT molecular complexity index is 1550. The highest BCUT2D eigenvalue weighted by Gasteiger charge is 2.33. The number of hydrogen-bond donors (Lipinski definition) is 1. The van der Waals surface area contributed by atoms with Gasteiger partial charge in [0.05, 0.1) is 18.2 Å². The number of amides is 2. The monoisotopic (exact) mass is 548 g/mol. The zero-order valence-corrected chi connectivity index (χ0v) is 23.0. The number of carbonyl (C=O) groups is 2. The Hall–Kier alpha value is -4.72. The number of aromatic nitrogens is 2. The summed E-state index contributed by atoms with van der Waals surface area (Å²) in [4.78, 5) is 36.5. The molecule has 8 nitrogen and oxygen atoms in total. The molecule has 5 aliphatic rings. The first-order chi connectivity index (χ1) is 20.0.